The number of nitrogens with one attached hydrogen (secondary N) is 1. The van der Waals surface area contributed by atoms with Crippen LogP contribution in [-0.2, 0) is 10.0 Å². The van der Waals surface area contributed by atoms with Gasteiger partial charge in [0.2, 0.25) is 10.0 Å². The molecule has 0 aliphatic heterocycles. The Hall–Kier alpha value is -0.780. The Morgan fingerprint density at radius 2 is 2.12 bits per heavy atom. The molecule has 0 fully saturated rings. The summed E-state index contributed by atoms with van der Waals surface area (Å²) in [5, 5.41) is 0.346. The molecule has 16 heavy (non-hydrogen) atoms. The van der Waals surface area contributed by atoms with Crippen molar-refractivity contribution in [3.05, 3.63) is 23.2 Å². The summed E-state index contributed by atoms with van der Waals surface area (Å²) in [6, 6.07) is 4.25. The molecule has 1 aromatic rings. The zero-order chi connectivity index (χ0) is 12.3. The first-order valence-electron chi connectivity index (χ1n) is 4.94. The molecule has 0 spiro atoms. The van der Waals surface area contributed by atoms with E-state index in [1.165, 1.54) is 12.1 Å². The molecule has 4 nitrogen and oxygen atoms in total. The van der Waals surface area contributed by atoms with E-state index in [1.54, 1.807) is 13.0 Å². The van der Waals surface area contributed by atoms with Gasteiger partial charge in [-0.2, -0.15) is 0 Å². The minimum absolute atomic E-state index is 0.0281. The van der Waals surface area contributed by atoms with Gasteiger partial charge in [-0.3, -0.25) is 0 Å². The molecule has 0 radical (unpaired) electrons. The standard InChI is InChI=1S/C10H15ClN2O2S/c1-3-7(2)13-16(14,15)10-6-8(11)4-5-9(10)12/h4-7,13H,3,12H2,1-2H3. The minimum Gasteiger partial charge on any atom is -0.398 e. The van der Waals surface area contributed by atoms with Gasteiger partial charge >= 0.3 is 0 Å². The molecular weight excluding hydrogens is 248 g/mol. The second-order valence-electron chi connectivity index (χ2n) is 3.61. The largest absolute Gasteiger partial charge is 0.398 e. The lowest BCUT2D eigenvalue weighted by Crippen LogP contribution is -2.32. The molecule has 0 amide bonds. The molecule has 3 N–H and O–H groups in total. The number of sulfonamides is 1. The summed E-state index contributed by atoms with van der Waals surface area (Å²) < 4.78 is 26.4. The van der Waals surface area contributed by atoms with Crippen molar-refractivity contribution in [2.75, 3.05) is 5.73 Å². The van der Waals surface area contributed by atoms with E-state index < -0.39 is 10.0 Å². The monoisotopic (exact) mass is 262 g/mol. The first-order chi connectivity index (χ1) is 7.36. The van der Waals surface area contributed by atoms with Crippen LogP contribution in [0.2, 0.25) is 5.02 Å². The van der Waals surface area contributed by atoms with Crippen molar-refractivity contribution in [1.29, 1.82) is 0 Å². The van der Waals surface area contributed by atoms with Gasteiger partial charge in [-0.15, -0.1) is 0 Å². The van der Waals surface area contributed by atoms with Crippen LogP contribution in [0.15, 0.2) is 23.1 Å². The molecular formula is C10H15ClN2O2S. The van der Waals surface area contributed by atoms with Crippen molar-refractivity contribution < 1.29 is 8.42 Å². The average molecular weight is 263 g/mol. The number of nitrogens with two attached hydrogens (primary N) is 1. The summed E-state index contributed by atoms with van der Waals surface area (Å²) in [6.07, 6.45) is 0.708. The van der Waals surface area contributed by atoms with Crippen molar-refractivity contribution in [3.8, 4) is 0 Å². The molecule has 0 aliphatic rings. The highest BCUT2D eigenvalue weighted by Crippen LogP contribution is 2.22. The van der Waals surface area contributed by atoms with Gasteiger partial charge in [0.1, 0.15) is 4.90 Å². The van der Waals surface area contributed by atoms with Crippen LogP contribution in [-0.4, -0.2) is 14.5 Å². The van der Waals surface area contributed by atoms with Crippen molar-refractivity contribution in [2.24, 2.45) is 0 Å². The Morgan fingerprint density at radius 3 is 2.69 bits per heavy atom. The van der Waals surface area contributed by atoms with E-state index in [2.05, 4.69) is 4.72 Å². The molecule has 1 rings (SSSR count). The van der Waals surface area contributed by atoms with Crippen LogP contribution in [0.1, 0.15) is 20.3 Å². The second-order valence-corrected chi connectivity index (χ2v) is 5.73. The van der Waals surface area contributed by atoms with Crippen LogP contribution in [0, 0.1) is 0 Å². The molecule has 0 aromatic heterocycles. The van der Waals surface area contributed by atoms with E-state index in [0.29, 0.717) is 11.4 Å². The normalized spacial score (nSPS) is 13.7. The number of anilines is 1. The minimum atomic E-state index is -3.58. The van der Waals surface area contributed by atoms with Crippen molar-refractivity contribution in [3.63, 3.8) is 0 Å². The maximum Gasteiger partial charge on any atom is 0.242 e. The van der Waals surface area contributed by atoms with Crippen LogP contribution < -0.4 is 10.5 Å². The number of halogens is 1. The third kappa shape index (κ3) is 3.10. The third-order valence-electron chi connectivity index (χ3n) is 2.23. The number of nitrogen functional groups attached to an aromatic ring is 1. The fourth-order valence-electron chi connectivity index (χ4n) is 1.15. The summed E-state index contributed by atoms with van der Waals surface area (Å²) in [4.78, 5) is 0.0281. The van der Waals surface area contributed by atoms with Gasteiger partial charge in [0.15, 0.2) is 0 Å². The van der Waals surface area contributed by atoms with E-state index >= 15 is 0 Å². The van der Waals surface area contributed by atoms with Gasteiger partial charge < -0.3 is 5.73 Å². The lowest BCUT2D eigenvalue weighted by molar-refractivity contribution is 0.556. The Bertz CT molecular complexity index is 474. The molecule has 90 valence electrons. The van der Waals surface area contributed by atoms with Gasteiger partial charge in [0, 0.05) is 11.1 Å². The highest BCUT2D eigenvalue weighted by atomic mass is 35.5. The number of hydrogen-bond acceptors (Lipinski definition) is 3. The fourth-order valence-corrected chi connectivity index (χ4v) is 2.87. The lowest BCUT2D eigenvalue weighted by atomic mass is 10.3. The summed E-state index contributed by atoms with van der Waals surface area (Å²) in [7, 11) is -3.58. The fraction of sp³-hybridized carbons (Fsp3) is 0.400. The van der Waals surface area contributed by atoms with Crippen molar-refractivity contribution >= 4 is 27.3 Å². The molecule has 1 atom stereocenters. The zero-order valence-electron chi connectivity index (χ0n) is 9.20. The quantitative estimate of drug-likeness (QED) is 0.816. The summed E-state index contributed by atoms with van der Waals surface area (Å²) >= 11 is 5.75. The Kier molecular flexibility index (Phi) is 4.18. The SMILES string of the molecule is CCC(C)NS(=O)(=O)c1cc(Cl)ccc1N. The number of hydrogen-bond donors (Lipinski definition) is 2. The molecule has 0 bridgehead atoms. The van der Waals surface area contributed by atoms with Crippen molar-refractivity contribution in [2.45, 2.75) is 31.2 Å². The molecule has 1 unspecified atom stereocenters. The first kappa shape index (κ1) is 13.3. The lowest BCUT2D eigenvalue weighted by Gasteiger charge is -2.13. The maximum atomic E-state index is 11.9. The predicted molar refractivity (Wildman–Crippen MR) is 65.9 cm³/mol. The zero-order valence-corrected chi connectivity index (χ0v) is 10.8. The summed E-state index contributed by atoms with van der Waals surface area (Å²) in [5.74, 6) is 0. The van der Waals surface area contributed by atoms with E-state index in [1.807, 2.05) is 6.92 Å². The highest BCUT2D eigenvalue weighted by molar-refractivity contribution is 7.89. The van der Waals surface area contributed by atoms with Crippen LogP contribution in [0.25, 0.3) is 0 Å². The Labute approximate surface area is 101 Å². The molecule has 0 saturated heterocycles. The predicted octanol–water partition coefficient (Wildman–Crippen LogP) is 2.00. The van der Waals surface area contributed by atoms with E-state index in [0.717, 1.165) is 0 Å². The van der Waals surface area contributed by atoms with Gasteiger partial charge in [0.25, 0.3) is 0 Å². The molecule has 0 saturated carbocycles. The van der Waals surface area contributed by atoms with Gasteiger partial charge in [-0.05, 0) is 31.5 Å². The summed E-state index contributed by atoms with van der Waals surface area (Å²) in [5.41, 5.74) is 5.81. The topological polar surface area (TPSA) is 72.2 Å². The van der Waals surface area contributed by atoms with Crippen LogP contribution in [0.5, 0.6) is 0 Å². The van der Waals surface area contributed by atoms with Crippen LogP contribution in [0.4, 0.5) is 5.69 Å². The first-order valence-corrected chi connectivity index (χ1v) is 6.80. The van der Waals surface area contributed by atoms with Gasteiger partial charge in [0.05, 0.1) is 5.69 Å². The Morgan fingerprint density at radius 1 is 1.50 bits per heavy atom. The van der Waals surface area contributed by atoms with Gasteiger partial charge in [-0.25, -0.2) is 13.1 Å². The van der Waals surface area contributed by atoms with E-state index in [-0.39, 0.29) is 16.6 Å². The van der Waals surface area contributed by atoms with Crippen LogP contribution >= 0.6 is 11.6 Å². The van der Waals surface area contributed by atoms with Gasteiger partial charge in [-0.1, -0.05) is 18.5 Å². The maximum absolute atomic E-state index is 11.9. The number of benzene rings is 1. The van der Waals surface area contributed by atoms with E-state index in [9.17, 15) is 8.42 Å². The molecule has 1 aromatic carbocycles. The van der Waals surface area contributed by atoms with Crippen LogP contribution in [0.3, 0.4) is 0 Å². The average Bonchev–Trinajstić information content (AvgIpc) is 2.20. The second kappa shape index (κ2) is 5.03. The number of rotatable bonds is 4. The molecule has 0 heterocycles. The van der Waals surface area contributed by atoms with E-state index in [4.69, 9.17) is 17.3 Å². The molecule has 0 aliphatic carbocycles. The van der Waals surface area contributed by atoms with Crippen molar-refractivity contribution in [1.82, 2.24) is 4.72 Å². The Balaban J connectivity index is 3.12. The highest BCUT2D eigenvalue weighted by Gasteiger charge is 2.19. The third-order valence-corrected chi connectivity index (χ3v) is 4.11. The smallest absolute Gasteiger partial charge is 0.242 e. The molecule has 6 heteroatoms. The summed E-state index contributed by atoms with van der Waals surface area (Å²) in [6.45, 7) is 3.69.